The van der Waals surface area contributed by atoms with Crippen LogP contribution in [0, 0.1) is 13.8 Å². The van der Waals surface area contributed by atoms with Gasteiger partial charge in [0.15, 0.2) is 0 Å². The van der Waals surface area contributed by atoms with Crippen LogP contribution in [0.4, 0.5) is 5.69 Å². The first-order chi connectivity index (χ1) is 11.5. The molecular weight excluding hydrogens is 338 g/mol. The SMILES string of the molecule is Cc1ccc(C(=O)N(Cc2cccs2)c2ccc(C)c(Cl)c2)cc1. The van der Waals surface area contributed by atoms with Crippen LogP contribution in [0.15, 0.2) is 60.0 Å². The van der Waals surface area contributed by atoms with E-state index < -0.39 is 0 Å². The molecule has 0 spiro atoms. The number of benzene rings is 2. The molecule has 4 heteroatoms. The Bertz CT molecular complexity index is 841. The number of hydrogen-bond acceptors (Lipinski definition) is 2. The summed E-state index contributed by atoms with van der Waals surface area (Å²) in [7, 11) is 0. The fourth-order valence-corrected chi connectivity index (χ4v) is 3.31. The molecule has 0 bridgehead atoms. The lowest BCUT2D eigenvalue weighted by Gasteiger charge is -2.23. The maximum atomic E-state index is 13.1. The van der Waals surface area contributed by atoms with E-state index in [1.165, 1.54) is 0 Å². The van der Waals surface area contributed by atoms with Gasteiger partial charge in [0.1, 0.15) is 0 Å². The molecule has 0 atom stereocenters. The van der Waals surface area contributed by atoms with Crippen molar-refractivity contribution >= 4 is 34.5 Å². The number of hydrogen-bond donors (Lipinski definition) is 0. The number of carbonyl (C=O) groups excluding carboxylic acids is 1. The van der Waals surface area contributed by atoms with Crippen LogP contribution < -0.4 is 4.90 Å². The highest BCUT2D eigenvalue weighted by Gasteiger charge is 2.19. The molecule has 0 aliphatic carbocycles. The lowest BCUT2D eigenvalue weighted by molar-refractivity contribution is 0.0985. The molecule has 0 fully saturated rings. The first kappa shape index (κ1) is 16.7. The van der Waals surface area contributed by atoms with E-state index >= 15 is 0 Å². The van der Waals surface area contributed by atoms with Gasteiger partial charge in [0.05, 0.1) is 6.54 Å². The van der Waals surface area contributed by atoms with Crippen LogP contribution >= 0.6 is 22.9 Å². The Morgan fingerprint density at radius 3 is 2.46 bits per heavy atom. The zero-order valence-electron chi connectivity index (χ0n) is 13.6. The summed E-state index contributed by atoms with van der Waals surface area (Å²) in [5.41, 5.74) is 3.62. The van der Waals surface area contributed by atoms with Gasteiger partial charge in [0.25, 0.3) is 5.91 Å². The summed E-state index contributed by atoms with van der Waals surface area (Å²) in [5.74, 6) is -0.0247. The van der Waals surface area contributed by atoms with Gasteiger partial charge in [-0.1, -0.05) is 41.4 Å². The maximum absolute atomic E-state index is 13.1. The van der Waals surface area contributed by atoms with Crippen molar-refractivity contribution < 1.29 is 4.79 Å². The molecule has 1 heterocycles. The van der Waals surface area contributed by atoms with Crippen LogP contribution in [0.3, 0.4) is 0 Å². The summed E-state index contributed by atoms with van der Waals surface area (Å²) < 4.78 is 0. The highest BCUT2D eigenvalue weighted by Crippen LogP contribution is 2.27. The predicted octanol–water partition coefficient (Wildman–Crippen LogP) is 5.87. The molecule has 2 aromatic carbocycles. The summed E-state index contributed by atoms with van der Waals surface area (Å²) in [6.45, 7) is 4.50. The van der Waals surface area contributed by atoms with E-state index in [0.717, 1.165) is 21.7 Å². The van der Waals surface area contributed by atoms with Gasteiger partial charge < -0.3 is 4.90 Å². The molecule has 0 aliphatic heterocycles. The first-order valence-corrected chi connectivity index (χ1v) is 8.97. The smallest absolute Gasteiger partial charge is 0.258 e. The Hall–Kier alpha value is -2.10. The van der Waals surface area contributed by atoms with Crippen LogP contribution in [-0.2, 0) is 6.54 Å². The monoisotopic (exact) mass is 355 g/mol. The van der Waals surface area contributed by atoms with Crippen molar-refractivity contribution in [2.24, 2.45) is 0 Å². The van der Waals surface area contributed by atoms with Gasteiger partial charge in [0.2, 0.25) is 0 Å². The summed E-state index contributed by atoms with van der Waals surface area (Å²) in [6.07, 6.45) is 0. The minimum Gasteiger partial charge on any atom is -0.303 e. The number of amides is 1. The number of nitrogens with zero attached hydrogens (tertiary/aromatic N) is 1. The molecule has 0 radical (unpaired) electrons. The lowest BCUT2D eigenvalue weighted by Crippen LogP contribution is -2.30. The third-order valence-electron chi connectivity index (χ3n) is 3.90. The van der Waals surface area contributed by atoms with Crippen molar-refractivity contribution in [1.29, 1.82) is 0 Å². The number of anilines is 1. The Labute approximate surface area is 151 Å². The highest BCUT2D eigenvalue weighted by atomic mass is 35.5. The van der Waals surface area contributed by atoms with Crippen molar-refractivity contribution in [2.75, 3.05) is 4.90 Å². The largest absolute Gasteiger partial charge is 0.303 e. The van der Waals surface area contributed by atoms with Crippen molar-refractivity contribution in [2.45, 2.75) is 20.4 Å². The Morgan fingerprint density at radius 1 is 1.08 bits per heavy atom. The molecule has 24 heavy (non-hydrogen) atoms. The van der Waals surface area contributed by atoms with Gasteiger partial charge in [-0.3, -0.25) is 4.79 Å². The molecule has 0 N–H and O–H groups in total. The van der Waals surface area contributed by atoms with Crippen LogP contribution in [-0.4, -0.2) is 5.91 Å². The van der Waals surface area contributed by atoms with E-state index in [1.807, 2.05) is 73.8 Å². The number of carbonyl (C=O) groups is 1. The molecule has 3 aromatic rings. The molecule has 1 amide bonds. The molecule has 0 saturated heterocycles. The standard InChI is InChI=1S/C20H18ClNOS/c1-14-5-8-16(9-6-14)20(23)22(13-18-4-3-11-24-18)17-10-7-15(2)19(21)12-17/h3-12H,13H2,1-2H3. The van der Waals surface area contributed by atoms with E-state index in [2.05, 4.69) is 0 Å². The molecule has 0 aliphatic rings. The average molecular weight is 356 g/mol. The fourth-order valence-electron chi connectivity index (χ4n) is 2.44. The molecule has 0 saturated carbocycles. The van der Waals surface area contributed by atoms with E-state index in [-0.39, 0.29) is 5.91 Å². The normalized spacial score (nSPS) is 10.6. The number of rotatable bonds is 4. The number of halogens is 1. The highest BCUT2D eigenvalue weighted by molar-refractivity contribution is 7.09. The second-order valence-electron chi connectivity index (χ2n) is 5.77. The van der Waals surface area contributed by atoms with E-state index in [0.29, 0.717) is 17.1 Å². The van der Waals surface area contributed by atoms with Crippen molar-refractivity contribution in [1.82, 2.24) is 0 Å². The lowest BCUT2D eigenvalue weighted by atomic mass is 10.1. The quantitative estimate of drug-likeness (QED) is 0.573. The van der Waals surface area contributed by atoms with Crippen LogP contribution in [0.1, 0.15) is 26.4 Å². The van der Waals surface area contributed by atoms with Gasteiger partial charge in [0, 0.05) is 21.2 Å². The summed E-state index contributed by atoms with van der Waals surface area (Å²) in [4.78, 5) is 16.0. The molecule has 0 unspecified atom stereocenters. The van der Waals surface area contributed by atoms with Gasteiger partial charge in [-0.15, -0.1) is 11.3 Å². The number of aryl methyl sites for hydroxylation is 2. The minimum atomic E-state index is -0.0247. The third-order valence-corrected chi connectivity index (χ3v) is 5.17. The Balaban J connectivity index is 1.98. The molecule has 122 valence electrons. The van der Waals surface area contributed by atoms with Crippen molar-refractivity contribution in [3.05, 3.63) is 86.6 Å². The topological polar surface area (TPSA) is 20.3 Å². The third kappa shape index (κ3) is 3.69. The molecule has 1 aromatic heterocycles. The molecule has 2 nitrogen and oxygen atoms in total. The van der Waals surface area contributed by atoms with Crippen molar-refractivity contribution in [3.8, 4) is 0 Å². The van der Waals surface area contributed by atoms with Crippen LogP contribution in [0.5, 0.6) is 0 Å². The second kappa shape index (κ2) is 7.20. The Kier molecular flexibility index (Phi) is 5.03. The summed E-state index contributed by atoms with van der Waals surface area (Å²) in [6, 6.07) is 17.4. The minimum absolute atomic E-state index is 0.0247. The van der Waals surface area contributed by atoms with E-state index in [1.54, 1.807) is 16.2 Å². The Morgan fingerprint density at radius 2 is 1.83 bits per heavy atom. The van der Waals surface area contributed by atoms with Crippen molar-refractivity contribution in [3.63, 3.8) is 0 Å². The van der Waals surface area contributed by atoms with Crippen LogP contribution in [0.2, 0.25) is 5.02 Å². The summed E-state index contributed by atoms with van der Waals surface area (Å²) in [5, 5.41) is 2.69. The molecular formula is C20H18ClNOS. The van der Waals surface area contributed by atoms with Gasteiger partial charge in [-0.05, 0) is 55.1 Å². The zero-order valence-corrected chi connectivity index (χ0v) is 15.2. The van der Waals surface area contributed by atoms with Gasteiger partial charge in [-0.2, -0.15) is 0 Å². The van der Waals surface area contributed by atoms with Gasteiger partial charge >= 0.3 is 0 Å². The first-order valence-electron chi connectivity index (χ1n) is 7.71. The van der Waals surface area contributed by atoms with E-state index in [4.69, 9.17) is 11.6 Å². The average Bonchev–Trinajstić information content (AvgIpc) is 3.09. The summed E-state index contributed by atoms with van der Waals surface area (Å²) >= 11 is 7.92. The van der Waals surface area contributed by atoms with Gasteiger partial charge in [-0.25, -0.2) is 0 Å². The van der Waals surface area contributed by atoms with Crippen LogP contribution in [0.25, 0.3) is 0 Å². The van der Waals surface area contributed by atoms with E-state index in [9.17, 15) is 4.79 Å². The molecule has 3 rings (SSSR count). The second-order valence-corrected chi connectivity index (χ2v) is 7.21. The number of thiophene rings is 1. The fraction of sp³-hybridized carbons (Fsp3) is 0.150. The predicted molar refractivity (Wildman–Crippen MR) is 102 cm³/mol. The zero-order chi connectivity index (χ0) is 17.1. The maximum Gasteiger partial charge on any atom is 0.258 e.